The summed E-state index contributed by atoms with van der Waals surface area (Å²) in [7, 11) is 4.66. The summed E-state index contributed by atoms with van der Waals surface area (Å²) < 4.78 is 16.1. The molecule has 4 rings (SSSR count). The molecule has 0 bridgehead atoms. The summed E-state index contributed by atoms with van der Waals surface area (Å²) in [6.45, 7) is 0.228. The Morgan fingerprint density at radius 1 is 0.967 bits per heavy atom. The molecule has 8 heteroatoms. The summed E-state index contributed by atoms with van der Waals surface area (Å²) in [6, 6.07) is 15.3. The summed E-state index contributed by atoms with van der Waals surface area (Å²) in [5.41, 5.74) is 2.88. The Morgan fingerprint density at radius 2 is 1.70 bits per heavy atom. The minimum atomic E-state index is 0.228. The predicted octanol–water partition coefficient (Wildman–Crippen LogP) is 3.67. The fourth-order valence-electron chi connectivity index (χ4n) is 3.28. The summed E-state index contributed by atoms with van der Waals surface area (Å²) in [6.07, 6.45) is 1.51. The van der Waals surface area contributed by atoms with Gasteiger partial charge in [0, 0.05) is 23.2 Å². The Labute approximate surface area is 174 Å². The van der Waals surface area contributed by atoms with Gasteiger partial charge in [0.15, 0.2) is 11.5 Å². The van der Waals surface area contributed by atoms with Crippen LogP contribution in [0.25, 0.3) is 10.9 Å². The van der Waals surface area contributed by atoms with Gasteiger partial charge in [-0.2, -0.15) is 0 Å². The van der Waals surface area contributed by atoms with Crippen LogP contribution >= 0.6 is 0 Å². The number of anilines is 1. The number of pyridine rings is 1. The molecule has 0 unspecified atom stereocenters. The van der Waals surface area contributed by atoms with Crippen LogP contribution in [0.3, 0.4) is 0 Å². The van der Waals surface area contributed by atoms with Gasteiger partial charge in [0.2, 0.25) is 5.75 Å². The first-order valence-electron chi connectivity index (χ1n) is 9.29. The molecule has 0 atom stereocenters. The highest BCUT2D eigenvalue weighted by Crippen LogP contribution is 2.40. The van der Waals surface area contributed by atoms with Crippen molar-refractivity contribution in [1.82, 2.24) is 10.0 Å². The summed E-state index contributed by atoms with van der Waals surface area (Å²) in [4.78, 5) is 9.32. The van der Waals surface area contributed by atoms with Crippen LogP contribution in [0.15, 0.2) is 65.5 Å². The highest BCUT2D eigenvalue weighted by Gasteiger charge is 2.18. The lowest BCUT2D eigenvalue weighted by molar-refractivity contribution is -0.0271. The van der Waals surface area contributed by atoms with Crippen LogP contribution in [-0.4, -0.2) is 48.8 Å². The smallest absolute Gasteiger partial charge is 0.203 e. The van der Waals surface area contributed by atoms with Crippen molar-refractivity contribution < 1.29 is 19.4 Å². The van der Waals surface area contributed by atoms with E-state index in [4.69, 9.17) is 14.2 Å². The van der Waals surface area contributed by atoms with Gasteiger partial charge in [-0.25, -0.2) is 9.98 Å². The minimum absolute atomic E-state index is 0.228. The van der Waals surface area contributed by atoms with Crippen molar-refractivity contribution in [3.63, 3.8) is 0 Å². The third kappa shape index (κ3) is 3.85. The van der Waals surface area contributed by atoms with Crippen molar-refractivity contribution >= 4 is 22.3 Å². The van der Waals surface area contributed by atoms with Gasteiger partial charge in [0.25, 0.3) is 0 Å². The monoisotopic (exact) mass is 406 g/mol. The van der Waals surface area contributed by atoms with E-state index < -0.39 is 0 Å². The van der Waals surface area contributed by atoms with E-state index >= 15 is 0 Å². The maximum absolute atomic E-state index is 10.2. The van der Waals surface area contributed by atoms with Gasteiger partial charge in [-0.1, -0.05) is 24.3 Å². The second-order valence-electron chi connectivity index (χ2n) is 6.60. The number of aromatic nitrogens is 1. The van der Waals surface area contributed by atoms with Crippen molar-refractivity contribution in [3.05, 3.63) is 66.2 Å². The summed E-state index contributed by atoms with van der Waals surface area (Å²) in [5, 5.41) is 15.5. The van der Waals surface area contributed by atoms with Gasteiger partial charge >= 0.3 is 0 Å². The molecular weight excluding hydrogens is 384 g/mol. The van der Waals surface area contributed by atoms with Crippen LogP contribution in [0, 0.1) is 0 Å². The number of hydrogen-bond donors (Lipinski definition) is 2. The topological polar surface area (TPSA) is 88.4 Å². The lowest BCUT2D eigenvalue weighted by atomic mass is 10.1. The molecule has 2 N–H and O–H groups in total. The molecule has 30 heavy (non-hydrogen) atoms. The Hall–Kier alpha value is -3.78. The van der Waals surface area contributed by atoms with E-state index in [9.17, 15) is 5.21 Å². The molecule has 0 saturated heterocycles. The van der Waals surface area contributed by atoms with Crippen LogP contribution in [0.4, 0.5) is 5.69 Å². The normalized spacial score (nSPS) is 13.5. The molecule has 0 spiro atoms. The molecule has 3 aromatic rings. The molecule has 2 heterocycles. The SMILES string of the molecule is COc1cc(NC2=CN(O)CC(c3ccc4ccccc4n3)=N2)cc(OC)c1OC. The van der Waals surface area contributed by atoms with Crippen LogP contribution < -0.4 is 19.5 Å². The number of fused-ring (bicyclic) bond motifs is 1. The van der Waals surface area contributed by atoms with Crippen LogP contribution in [0.2, 0.25) is 0 Å². The Kier molecular flexibility index (Phi) is 5.40. The van der Waals surface area contributed by atoms with Gasteiger partial charge in [-0.15, -0.1) is 0 Å². The van der Waals surface area contributed by atoms with Crippen LogP contribution in [0.1, 0.15) is 5.69 Å². The van der Waals surface area contributed by atoms with E-state index in [-0.39, 0.29) is 6.54 Å². The fourth-order valence-corrected chi connectivity index (χ4v) is 3.28. The summed E-state index contributed by atoms with van der Waals surface area (Å²) in [5.74, 6) is 1.97. The number of methoxy groups -OCH3 is 3. The highest BCUT2D eigenvalue weighted by atomic mass is 16.5. The molecule has 2 aromatic carbocycles. The van der Waals surface area contributed by atoms with Crippen LogP contribution in [-0.2, 0) is 0 Å². The second kappa shape index (κ2) is 8.30. The zero-order chi connectivity index (χ0) is 21.1. The van der Waals surface area contributed by atoms with E-state index in [1.165, 1.54) is 6.20 Å². The zero-order valence-electron chi connectivity index (χ0n) is 16.9. The number of rotatable bonds is 6. The van der Waals surface area contributed by atoms with E-state index in [0.717, 1.165) is 16.0 Å². The zero-order valence-corrected chi connectivity index (χ0v) is 16.9. The second-order valence-corrected chi connectivity index (χ2v) is 6.60. The molecular formula is C22H22N4O4. The number of hydroxylamine groups is 2. The van der Waals surface area contributed by atoms with Crippen molar-refractivity contribution in [1.29, 1.82) is 0 Å². The van der Waals surface area contributed by atoms with E-state index in [1.54, 1.807) is 33.5 Å². The number of nitrogens with one attached hydrogen (secondary N) is 1. The van der Waals surface area contributed by atoms with E-state index in [0.29, 0.717) is 40.2 Å². The molecule has 1 aliphatic heterocycles. The van der Waals surface area contributed by atoms with Gasteiger partial charge in [-0.3, -0.25) is 10.3 Å². The quantitative estimate of drug-likeness (QED) is 0.646. The number of nitrogens with zero attached hydrogens (tertiary/aromatic N) is 3. The molecule has 8 nitrogen and oxygen atoms in total. The third-order valence-electron chi connectivity index (χ3n) is 4.67. The van der Waals surface area contributed by atoms with E-state index in [2.05, 4.69) is 15.3 Å². The molecule has 1 aromatic heterocycles. The first-order valence-corrected chi connectivity index (χ1v) is 9.29. The Balaban J connectivity index is 1.66. The lowest BCUT2D eigenvalue weighted by Crippen LogP contribution is -2.28. The third-order valence-corrected chi connectivity index (χ3v) is 4.67. The number of hydrogen-bond acceptors (Lipinski definition) is 8. The average Bonchev–Trinajstić information content (AvgIpc) is 2.77. The number of ether oxygens (including phenoxy) is 3. The first-order chi connectivity index (χ1) is 14.6. The number of benzene rings is 2. The minimum Gasteiger partial charge on any atom is -0.493 e. The van der Waals surface area contributed by atoms with Crippen molar-refractivity contribution in [2.75, 3.05) is 33.2 Å². The van der Waals surface area contributed by atoms with E-state index in [1.807, 2.05) is 36.4 Å². The van der Waals surface area contributed by atoms with Gasteiger partial charge in [0.1, 0.15) is 5.82 Å². The fraction of sp³-hybridized carbons (Fsp3) is 0.182. The maximum atomic E-state index is 10.2. The molecule has 0 saturated carbocycles. The number of aliphatic imine (C=N–C) groups is 1. The van der Waals surface area contributed by atoms with Crippen LogP contribution in [0.5, 0.6) is 17.2 Å². The molecule has 0 fully saturated rings. The van der Waals surface area contributed by atoms with Crippen molar-refractivity contribution in [2.45, 2.75) is 0 Å². The summed E-state index contributed by atoms with van der Waals surface area (Å²) >= 11 is 0. The molecule has 0 amide bonds. The van der Waals surface area contributed by atoms with Crippen molar-refractivity contribution in [2.24, 2.45) is 4.99 Å². The predicted molar refractivity (Wildman–Crippen MR) is 115 cm³/mol. The molecule has 154 valence electrons. The van der Waals surface area contributed by atoms with Gasteiger partial charge < -0.3 is 19.5 Å². The maximum Gasteiger partial charge on any atom is 0.203 e. The lowest BCUT2D eigenvalue weighted by Gasteiger charge is -2.22. The highest BCUT2D eigenvalue weighted by molar-refractivity contribution is 6.03. The van der Waals surface area contributed by atoms with Crippen molar-refractivity contribution in [3.8, 4) is 17.2 Å². The van der Waals surface area contributed by atoms with Gasteiger partial charge in [-0.05, 0) is 12.1 Å². The first kappa shape index (κ1) is 19.5. The van der Waals surface area contributed by atoms with Gasteiger partial charge in [0.05, 0.1) is 51.0 Å². The largest absolute Gasteiger partial charge is 0.493 e. The Bertz CT molecular complexity index is 1120. The molecule has 0 radical (unpaired) electrons. The molecule has 1 aliphatic rings. The average molecular weight is 406 g/mol. The standard InChI is InChI=1S/C22H22N4O4/c1-28-19-10-15(11-20(29-2)22(19)30-3)23-21-13-26(27)12-18(25-21)17-9-8-14-6-4-5-7-16(14)24-17/h4-11,13,23,27H,12H2,1-3H3. The molecule has 0 aliphatic carbocycles. The Morgan fingerprint density at radius 3 is 2.40 bits per heavy atom. The number of para-hydroxylation sites is 1.